The maximum Gasteiger partial charge on any atom is 0.0783 e. The molecule has 76 valence electrons. The van der Waals surface area contributed by atoms with Gasteiger partial charge in [-0.05, 0) is 38.9 Å². The van der Waals surface area contributed by atoms with Crippen LogP contribution < -0.4 is 0 Å². The van der Waals surface area contributed by atoms with E-state index >= 15 is 0 Å². The highest BCUT2D eigenvalue weighted by atomic mass is 16.5. The fraction of sp³-hybridized carbons (Fsp3) is 0.818. The van der Waals surface area contributed by atoms with Crippen molar-refractivity contribution >= 4 is 0 Å². The molecule has 0 aromatic carbocycles. The Kier molecular flexibility index (Phi) is 4.46. The molecule has 0 aromatic rings. The summed E-state index contributed by atoms with van der Waals surface area (Å²) in [5, 5.41) is 0. The van der Waals surface area contributed by atoms with Crippen LogP contribution in [0.2, 0.25) is 0 Å². The standard InChI is InChI=1S/C11H21NO/c1-10-6-4-5-7-11(10)13-9-8-12(2)3/h11H,1,4-9H2,2-3H3. The Hall–Kier alpha value is -0.340. The van der Waals surface area contributed by atoms with Crippen LogP contribution in [0.4, 0.5) is 0 Å². The second-order valence-electron chi connectivity index (χ2n) is 4.07. The Labute approximate surface area is 81.6 Å². The molecular weight excluding hydrogens is 162 g/mol. The van der Waals surface area contributed by atoms with Gasteiger partial charge in [0.25, 0.3) is 0 Å². The first-order valence-electron chi connectivity index (χ1n) is 5.14. The molecule has 1 atom stereocenters. The molecule has 13 heavy (non-hydrogen) atoms. The van der Waals surface area contributed by atoms with Gasteiger partial charge in [0.05, 0.1) is 12.7 Å². The number of nitrogens with zero attached hydrogens (tertiary/aromatic N) is 1. The van der Waals surface area contributed by atoms with Crippen molar-refractivity contribution in [2.45, 2.75) is 31.8 Å². The van der Waals surface area contributed by atoms with Crippen LogP contribution in [0.3, 0.4) is 0 Å². The Bertz CT molecular complexity index is 165. The monoisotopic (exact) mass is 183 g/mol. The van der Waals surface area contributed by atoms with Crippen LogP contribution in [0, 0.1) is 0 Å². The molecule has 0 N–H and O–H groups in total. The molecule has 1 aliphatic rings. The number of rotatable bonds is 4. The minimum atomic E-state index is 0.341. The van der Waals surface area contributed by atoms with Crippen molar-refractivity contribution < 1.29 is 4.74 Å². The quantitative estimate of drug-likeness (QED) is 0.619. The van der Waals surface area contributed by atoms with Crippen molar-refractivity contribution in [2.75, 3.05) is 27.2 Å². The highest BCUT2D eigenvalue weighted by molar-refractivity contribution is 5.04. The van der Waals surface area contributed by atoms with E-state index in [0.717, 1.165) is 19.6 Å². The molecule has 0 aliphatic heterocycles. The maximum absolute atomic E-state index is 5.76. The molecule has 0 amide bonds. The third-order valence-electron chi connectivity index (χ3n) is 2.53. The fourth-order valence-corrected chi connectivity index (χ4v) is 1.63. The van der Waals surface area contributed by atoms with E-state index < -0.39 is 0 Å². The summed E-state index contributed by atoms with van der Waals surface area (Å²) in [4.78, 5) is 2.14. The van der Waals surface area contributed by atoms with Crippen molar-refractivity contribution in [3.63, 3.8) is 0 Å². The molecule has 0 bridgehead atoms. The number of ether oxygens (including phenoxy) is 1. The van der Waals surface area contributed by atoms with Gasteiger partial charge in [0.15, 0.2) is 0 Å². The SMILES string of the molecule is C=C1CCCCC1OCCN(C)C. The topological polar surface area (TPSA) is 12.5 Å². The van der Waals surface area contributed by atoms with Gasteiger partial charge in [0.2, 0.25) is 0 Å². The first-order chi connectivity index (χ1) is 6.20. The lowest BCUT2D eigenvalue weighted by atomic mass is 9.93. The second kappa shape index (κ2) is 5.40. The van der Waals surface area contributed by atoms with Gasteiger partial charge >= 0.3 is 0 Å². The van der Waals surface area contributed by atoms with E-state index in [0.29, 0.717) is 6.10 Å². The van der Waals surface area contributed by atoms with Gasteiger partial charge in [-0.3, -0.25) is 0 Å². The largest absolute Gasteiger partial charge is 0.373 e. The molecule has 1 unspecified atom stereocenters. The highest BCUT2D eigenvalue weighted by Crippen LogP contribution is 2.24. The molecule has 1 rings (SSSR count). The van der Waals surface area contributed by atoms with Gasteiger partial charge in [0.1, 0.15) is 0 Å². The summed E-state index contributed by atoms with van der Waals surface area (Å²) in [5.74, 6) is 0. The lowest BCUT2D eigenvalue weighted by Gasteiger charge is -2.25. The summed E-state index contributed by atoms with van der Waals surface area (Å²) >= 11 is 0. The van der Waals surface area contributed by atoms with Gasteiger partial charge in [-0.25, -0.2) is 0 Å². The zero-order valence-corrected chi connectivity index (χ0v) is 8.88. The lowest BCUT2D eigenvalue weighted by Crippen LogP contribution is -2.25. The smallest absolute Gasteiger partial charge is 0.0783 e. The van der Waals surface area contributed by atoms with Crippen molar-refractivity contribution in [1.29, 1.82) is 0 Å². The molecule has 0 radical (unpaired) electrons. The molecule has 1 saturated carbocycles. The van der Waals surface area contributed by atoms with Crippen LogP contribution in [0.15, 0.2) is 12.2 Å². The Balaban J connectivity index is 2.15. The summed E-state index contributed by atoms with van der Waals surface area (Å²) < 4.78 is 5.76. The van der Waals surface area contributed by atoms with Crippen LogP contribution in [0.25, 0.3) is 0 Å². The molecule has 0 spiro atoms. The summed E-state index contributed by atoms with van der Waals surface area (Å²) in [6.45, 7) is 5.89. The Morgan fingerprint density at radius 2 is 2.23 bits per heavy atom. The van der Waals surface area contributed by atoms with E-state index in [9.17, 15) is 0 Å². The van der Waals surface area contributed by atoms with Crippen LogP contribution in [-0.2, 0) is 4.74 Å². The minimum absolute atomic E-state index is 0.341. The fourth-order valence-electron chi connectivity index (χ4n) is 1.63. The van der Waals surface area contributed by atoms with Gasteiger partial charge < -0.3 is 9.64 Å². The van der Waals surface area contributed by atoms with Crippen LogP contribution in [0.1, 0.15) is 25.7 Å². The van der Waals surface area contributed by atoms with Crippen LogP contribution >= 0.6 is 0 Å². The molecular formula is C11H21NO. The predicted molar refractivity (Wildman–Crippen MR) is 55.9 cm³/mol. The minimum Gasteiger partial charge on any atom is -0.373 e. The van der Waals surface area contributed by atoms with Gasteiger partial charge in [0, 0.05) is 6.54 Å². The van der Waals surface area contributed by atoms with Crippen molar-refractivity contribution in [3.05, 3.63) is 12.2 Å². The number of hydrogen-bond acceptors (Lipinski definition) is 2. The zero-order chi connectivity index (χ0) is 9.68. The molecule has 0 heterocycles. The van der Waals surface area contributed by atoms with Crippen LogP contribution in [-0.4, -0.2) is 38.3 Å². The highest BCUT2D eigenvalue weighted by Gasteiger charge is 2.16. The number of likely N-dealkylation sites (N-methyl/N-ethyl adjacent to an activating group) is 1. The van der Waals surface area contributed by atoms with E-state index in [4.69, 9.17) is 4.74 Å². The summed E-state index contributed by atoms with van der Waals surface area (Å²) in [6.07, 6.45) is 5.27. The Morgan fingerprint density at radius 1 is 1.46 bits per heavy atom. The molecule has 0 aromatic heterocycles. The molecule has 1 aliphatic carbocycles. The molecule has 1 fully saturated rings. The summed E-state index contributed by atoms with van der Waals surface area (Å²) in [5.41, 5.74) is 1.30. The third-order valence-corrected chi connectivity index (χ3v) is 2.53. The maximum atomic E-state index is 5.76. The van der Waals surface area contributed by atoms with Gasteiger partial charge in [-0.15, -0.1) is 0 Å². The number of hydrogen-bond donors (Lipinski definition) is 0. The van der Waals surface area contributed by atoms with Gasteiger partial charge in [-0.1, -0.05) is 13.0 Å². The van der Waals surface area contributed by atoms with E-state index in [1.807, 2.05) is 0 Å². The van der Waals surface area contributed by atoms with Crippen molar-refractivity contribution in [2.24, 2.45) is 0 Å². The molecule has 2 nitrogen and oxygen atoms in total. The lowest BCUT2D eigenvalue weighted by molar-refractivity contribution is 0.0517. The average molecular weight is 183 g/mol. The van der Waals surface area contributed by atoms with Gasteiger partial charge in [-0.2, -0.15) is 0 Å². The van der Waals surface area contributed by atoms with Crippen LogP contribution in [0.5, 0.6) is 0 Å². The van der Waals surface area contributed by atoms with E-state index in [1.165, 1.54) is 24.8 Å². The average Bonchev–Trinajstić information content (AvgIpc) is 2.08. The molecule has 0 saturated heterocycles. The Morgan fingerprint density at radius 3 is 2.85 bits per heavy atom. The van der Waals surface area contributed by atoms with E-state index in [1.54, 1.807) is 0 Å². The van der Waals surface area contributed by atoms with E-state index in [-0.39, 0.29) is 0 Å². The first-order valence-corrected chi connectivity index (χ1v) is 5.14. The molecule has 2 heteroatoms. The summed E-state index contributed by atoms with van der Waals surface area (Å²) in [7, 11) is 4.14. The third kappa shape index (κ3) is 3.92. The van der Waals surface area contributed by atoms with Crippen molar-refractivity contribution in [1.82, 2.24) is 4.90 Å². The predicted octanol–water partition coefficient (Wildman–Crippen LogP) is 2.06. The van der Waals surface area contributed by atoms with E-state index in [2.05, 4.69) is 25.6 Å². The first kappa shape index (κ1) is 10.7. The van der Waals surface area contributed by atoms with Crippen molar-refractivity contribution in [3.8, 4) is 0 Å². The second-order valence-corrected chi connectivity index (χ2v) is 4.07. The zero-order valence-electron chi connectivity index (χ0n) is 8.88. The summed E-state index contributed by atoms with van der Waals surface area (Å²) in [6, 6.07) is 0. The normalized spacial score (nSPS) is 23.9.